The Balaban J connectivity index is 1.70. The second kappa shape index (κ2) is 3.98. The van der Waals surface area contributed by atoms with Crippen LogP contribution in [0.1, 0.15) is 51.4 Å². The first-order valence-electron chi connectivity index (χ1n) is 7.05. The molecular formula is C14H23NO2. The van der Waals surface area contributed by atoms with Gasteiger partial charge in [-0.05, 0) is 68.1 Å². The minimum atomic E-state index is -0.704. The van der Waals surface area contributed by atoms with E-state index in [1.54, 1.807) is 0 Å². The van der Waals surface area contributed by atoms with E-state index in [2.05, 4.69) is 0 Å². The molecule has 4 bridgehead atoms. The number of hydrogen-bond donors (Lipinski definition) is 2. The average molecular weight is 237 g/mol. The summed E-state index contributed by atoms with van der Waals surface area (Å²) < 4.78 is 0. The van der Waals surface area contributed by atoms with Crippen LogP contribution < -0.4 is 5.73 Å². The van der Waals surface area contributed by atoms with Gasteiger partial charge in [-0.2, -0.15) is 0 Å². The Labute approximate surface area is 103 Å². The zero-order chi connectivity index (χ0) is 12.0. The Hall–Kier alpha value is -0.570. The number of hydrogen-bond acceptors (Lipinski definition) is 2. The van der Waals surface area contributed by atoms with Crippen LogP contribution in [0, 0.1) is 23.2 Å². The fourth-order valence-corrected chi connectivity index (χ4v) is 5.22. The molecule has 4 saturated carbocycles. The molecule has 0 radical (unpaired) electrons. The van der Waals surface area contributed by atoms with Crippen molar-refractivity contribution in [2.45, 2.75) is 57.4 Å². The van der Waals surface area contributed by atoms with E-state index >= 15 is 0 Å². The van der Waals surface area contributed by atoms with Crippen molar-refractivity contribution in [1.82, 2.24) is 0 Å². The highest BCUT2D eigenvalue weighted by molar-refractivity contribution is 5.66. The lowest BCUT2D eigenvalue weighted by Crippen LogP contribution is -2.54. The molecular weight excluding hydrogens is 214 g/mol. The van der Waals surface area contributed by atoms with E-state index in [-0.39, 0.29) is 12.5 Å². The molecule has 0 aromatic carbocycles. The van der Waals surface area contributed by atoms with Gasteiger partial charge in [-0.25, -0.2) is 0 Å². The molecule has 0 spiro atoms. The van der Waals surface area contributed by atoms with Gasteiger partial charge in [-0.1, -0.05) is 0 Å². The highest BCUT2D eigenvalue weighted by Gasteiger charge is 2.53. The fourth-order valence-electron chi connectivity index (χ4n) is 5.22. The largest absolute Gasteiger partial charge is 0.481 e. The Kier molecular flexibility index (Phi) is 2.69. The molecule has 1 atom stereocenters. The van der Waals surface area contributed by atoms with Crippen molar-refractivity contribution < 1.29 is 9.90 Å². The molecule has 4 rings (SSSR count). The van der Waals surface area contributed by atoms with E-state index in [9.17, 15) is 4.79 Å². The predicted octanol–water partition coefficient (Wildman–Crippen LogP) is 2.39. The smallest absolute Gasteiger partial charge is 0.303 e. The van der Waals surface area contributed by atoms with Gasteiger partial charge in [-0.3, -0.25) is 4.79 Å². The summed E-state index contributed by atoms with van der Waals surface area (Å²) in [6.07, 6.45) is 9.00. The Morgan fingerprint density at radius 2 is 1.65 bits per heavy atom. The van der Waals surface area contributed by atoms with E-state index in [0.717, 1.165) is 17.8 Å². The molecule has 0 saturated heterocycles. The number of carbonyl (C=O) groups is 1. The molecule has 3 nitrogen and oxygen atoms in total. The van der Waals surface area contributed by atoms with Gasteiger partial charge in [0.2, 0.25) is 0 Å². The summed E-state index contributed by atoms with van der Waals surface area (Å²) in [5.41, 5.74) is 6.67. The van der Waals surface area contributed by atoms with E-state index < -0.39 is 5.97 Å². The summed E-state index contributed by atoms with van der Waals surface area (Å²) in [4.78, 5) is 10.7. The van der Waals surface area contributed by atoms with Crippen LogP contribution in [0.3, 0.4) is 0 Å². The molecule has 0 aliphatic heterocycles. The van der Waals surface area contributed by atoms with E-state index in [1.165, 1.54) is 38.5 Å². The number of nitrogens with two attached hydrogens (primary N) is 1. The van der Waals surface area contributed by atoms with Crippen molar-refractivity contribution in [3.63, 3.8) is 0 Å². The molecule has 4 aliphatic carbocycles. The van der Waals surface area contributed by atoms with Gasteiger partial charge in [0.25, 0.3) is 0 Å². The minimum absolute atomic E-state index is 0.118. The number of carboxylic acids is 1. The third-order valence-electron chi connectivity index (χ3n) is 5.54. The molecule has 0 unspecified atom stereocenters. The summed E-state index contributed by atoms with van der Waals surface area (Å²) in [6, 6.07) is 0.118. The van der Waals surface area contributed by atoms with Crippen LogP contribution >= 0.6 is 0 Å². The summed E-state index contributed by atoms with van der Waals surface area (Å²) in [5.74, 6) is 2.00. The Morgan fingerprint density at radius 1 is 1.18 bits per heavy atom. The maximum absolute atomic E-state index is 10.7. The first-order chi connectivity index (χ1) is 8.07. The number of rotatable bonds is 4. The maximum Gasteiger partial charge on any atom is 0.303 e. The molecule has 17 heavy (non-hydrogen) atoms. The molecule has 4 fully saturated rings. The van der Waals surface area contributed by atoms with Crippen molar-refractivity contribution in [3.05, 3.63) is 0 Å². The first-order valence-corrected chi connectivity index (χ1v) is 7.05. The van der Waals surface area contributed by atoms with E-state index in [0.29, 0.717) is 11.8 Å². The Bertz CT molecular complexity index is 291. The highest BCUT2D eigenvalue weighted by Crippen LogP contribution is 2.61. The standard InChI is InChI=1S/C14H23NO2/c15-12(1-2-13(16)17)14-6-9-3-10(7-14)5-11(4-9)8-14/h9-12H,1-8,15H2,(H,16,17)/t9?,10?,11?,12-,14?/m1/s1. The SMILES string of the molecule is N[C@H](CCC(=O)O)C12CC3CC(CC(C3)C1)C2. The molecule has 0 aromatic rings. The van der Waals surface area contributed by atoms with E-state index in [1.807, 2.05) is 0 Å². The third kappa shape index (κ3) is 1.99. The molecule has 3 N–H and O–H groups in total. The third-order valence-corrected chi connectivity index (χ3v) is 5.54. The van der Waals surface area contributed by atoms with Crippen LogP contribution in [-0.4, -0.2) is 17.1 Å². The Morgan fingerprint density at radius 3 is 2.06 bits per heavy atom. The monoisotopic (exact) mass is 237 g/mol. The van der Waals surface area contributed by atoms with Gasteiger partial charge in [0.15, 0.2) is 0 Å². The predicted molar refractivity (Wildman–Crippen MR) is 65.5 cm³/mol. The van der Waals surface area contributed by atoms with Gasteiger partial charge in [0.05, 0.1) is 0 Å². The molecule has 0 heterocycles. The van der Waals surface area contributed by atoms with Crippen LogP contribution in [0.2, 0.25) is 0 Å². The minimum Gasteiger partial charge on any atom is -0.481 e. The summed E-state index contributed by atoms with van der Waals surface area (Å²) >= 11 is 0. The van der Waals surface area contributed by atoms with Gasteiger partial charge >= 0.3 is 5.97 Å². The highest BCUT2D eigenvalue weighted by atomic mass is 16.4. The molecule has 3 heteroatoms. The second-order valence-corrected chi connectivity index (χ2v) is 6.82. The zero-order valence-electron chi connectivity index (χ0n) is 10.4. The summed E-state index contributed by atoms with van der Waals surface area (Å²) in [6.45, 7) is 0. The van der Waals surface area contributed by atoms with E-state index in [4.69, 9.17) is 10.8 Å². The molecule has 0 amide bonds. The number of carboxylic acid groups (broad SMARTS) is 1. The quantitative estimate of drug-likeness (QED) is 0.789. The fraction of sp³-hybridized carbons (Fsp3) is 0.929. The van der Waals surface area contributed by atoms with Crippen LogP contribution in [0.25, 0.3) is 0 Å². The molecule has 4 aliphatic rings. The number of aliphatic carboxylic acids is 1. The van der Waals surface area contributed by atoms with Crippen molar-refractivity contribution in [1.29, 1.82) is 0 Å². The van der Waals surface area contributed by atoms with Crippen LogP contribution in [-0.2, 0) is 4.79 Å². The van der Waals surface area contributed by atoms with Crippen LogP contribution in [0.4, 0.5) is 0 Å². The zero-order valence-corrected chi connectivity index (χ0v) is 10.4. The van der Waals surface area contributed by atoms with Gasteiger partial charge < -0.3 is 10.8 Å². The average Bonchev–Trinajstić information content (AvgIpc) is 2.23. The lowest BCUT2D eigenvalue weighted by Gasteiger charge is -2.59. The lowest BCUT2D eigenvalue weighted by molar-refractivity contribution is -0.137. The second-order valence-electron chi connectivity index (χ2n) is 6.82. The molecule has 0 aromatic heterocycles. The summed E-state index contributed by atoms with van der Waals surface area (Å²) in [5, 5.41) is 8.79. The first kappa shape index (κ1) is 11.5. The van der Waals surface area contributed by atoms with Crippen LogP contribution in [0.5, 0.6) is 0 Å². The van der Waals surface area contributed by atoms with Crippen molar-refractivity contribution >= 4 is 5.97 Å². The van der Waals surface area contributed by atoms with Crippen molar-refractivity contribution in [2.75, 3.05) is 0 Å². The lowest BCUT2D eigenvalue weighted by atomic mass is 9.47. The summed E-state index contributed by atoms with van der Waals surface area (Å²) in [7, 11) is 0. The normalized spacial score (nSPS) is 44.9. The van der Waals surface area contributed by atoms with Crippen LogP contribution in [0.15, 0.2) is 0 Å². The molecule has 96 valence electrons. The maximum atomic E-state index is 10.7. The van der Waals surface area contributed by atoms with Gasteiger partial charge in [0, 0.05) is 12.5 Å². The van der Waals surface area contributed by atoms with Gasteiger partial charge in [0.1, 0.15) is 0 Å². The van der Waals surface area contributed by atoms with Gasteiger partial charge in [-0.15, -0.1) is 0 Å². The topological polar surface area (TPSA) is 63.3 Å². The van der Waals surface area contributed by atoms with Crippen molar-refractivity contribution in [2.24, 2.45) is 28.9 Å². The van der Waals surface area contributed by atoms with Crippen molar-refractivity contribution in [3.8, 4) is 0 Å².